The first-order valence-corrected chi connectivity index (χ1v) is 10.8. The standard InChI is InChI=1S/C24H18ClF4N3O3/c25-14-10-17-15(18(26)11-14)7-8-19(17)32(12-13-4-3-9-31-21(13)22(30)33)23(34)16-5-1-2-6-20(16)35-24(27,28)29/h1-6,9-11,19H,7-8,12H2,(H2,30,33)/t19-/m1/s1. The number of aromatic nitrogens is 1. The van der Waals surface area contributed by atoms with Crippen LogP contribution in [0.25, 0.3) is 0 Å². The van der Waals surface area contributed by atoms with Crippen molar-refractivity contribution in [3.63, 3.8) is 0 Å². The second kappa shape index (κ2) is 9.53. The van der Waals surface area contributed by atoms with Crippen molar-refractivity contribution >= 4 is 23.4 Å². The monoisotopic (exact) mass is 507 g/mol. The minimum Gasteiger partial charge on any atom is -0.405 e. The fraction of sp³-hybridized carbons (Fsp3) is 0.208. The smallest absolute Gasteiger partial charge is 0.405 e. The number of benzene rings is 2. The van der Waals surface area contributed by atoms with E-state index in [1.165, 1.54) is 47.5 Å². The number of alkyl halides is 3. The summed E-state index contributed by atoms with van der Waals surface area (Å²) in [7, 11) is 0. The second-order valence-corrected chi connectivity index (χ2v) is 8.30. The Morgan fingerprint density at radius 2 is 1.91 bits per heavy atom. The number of carbonyl (C=O) groups excluding carboxylic acids is 2. The van der Waals surface area contributed by atoms with Gasteiger partial charge in [-0.2, -0.15) is 0 Å². The van der Waals surface area contributed by atoms with Gasteiger partial charge in [0, 0.05) is 23.3 Å². The summed E-state index contributed by atoms with van der Waals surface area (Å²) < 4.78 is 57.6. The van der Waals surface area contributed by atoms with Crippen molar-refractivity contribution in [2.45, 2.75) is 31.8 Å². The van der Waals surface area contributed by atoms with Gasteiger partial charge in [-0.15, -0.1) is 13.2 Å². The number of pyridine rings is 1. The highest BCUT2D eigenvalue weighted by Crippen LogP contribution is 2.41. The van der Waals surface area contributed by atoms with Crippen molar-refractivity contribution in [3.05, 3.63) is 93.5 Å². The molecule has 1 heterocycles. The third-order valence-corrected chi connectivity index (χ3v) is 5.89. The predicted octanol–water partition coefficient (Wildman–Crippen LogP) is 5.20. The van der Waals surface area contributed by atoms with Gasteiger partial charge in [0.15, 0.2) is 0 Å². The van der Waals surface area contributed by atoms with Gasteiger partial charge in [0.2, 0.25) is 0 Å². The van der Waals surface area contributed by atoms with Gasteiger partial charge in [0.1, 0.15) is 17.3 Å². The van der Waals surface area contributed by atoms with Crippen LogP contribution in [-0.2, 0) is 13.0 Å². The summed E-state index contributed by atoms with van der Waals surface area (Å²) in [6.07, 6.45) is -3.11. The topological polar surface area (TPSA) is 85.5 Å². The van der Waals surface area contributed by atoms with Crippen LogP contribution in [0, 0.1) is 5.82 Å². The molecule has 1 aliphatic rings. The van der Waals surface area contributed by atoms with E-state index >= 15 is 0 Å². The normalized spacial score (nSPS) is 14.9. The van der Waals surface area contributed by atoms with Crippen molar-refractivity contribution in [2.75, 3.05) is 0 Å². The zero-order valence-electron chi connectivity index (χ0n) is 18.0. The zero-order chi connectivity index (χ0) is 25.3. The number of ether oxygens (including phenoxy) is 1. The highest BCUT2D eigenvalue weighted by molar-refractivity contribution is 6.30. The van der Waals surface area contributed by atoms with E-state index in [0.29, 0.717) is 11.1 Å². The highest BCUT2D eigenvalue weighted by atomic mass is 35.5. The van der Waals surface area contributed by atoms with Crippen molar-refractivity contribution < 1.29 is 31.9 Å². The van der Waals surface area contributed by atoms with Crippen LogP contribution >= 0.6 is 11.6 Å². The number of amides is 2. The number of hydrogen-bond acceptors (Lipinski definition) is 4. The maximum absolute atomic E-state index is 14.6. The number of fused-ring (bicyclic) bond motifs is 1. The summed E-state index contributed by atoms with van der Waals surface area (Å²) in [6, 6.07) is 9.92. The first-order valence-electron chi connectivity index (χ1n) is 10.4. The van der Waals surface area contributed by atoms with Crippen LogP contribution in [-0.4, -0.2) is 28.1 Å². The summed E-state index contributed by atoms with van der Waals surface area (Å²) in [4.78, 5) is 30.8. The van der Waals surface area contributed by atoms with E-state index in [0.717, 1.165) is 12.1 Å². The van der Waals surface area contributed by atoms with E-state index in [1.807, 2.05) is 0 Å². The molecule has 1 aromatic heterocycles. The van der Waals surface area contributed by atoms with Gasteiger partial charge < -0.3 is 15.4 Å². The molecule has 6 nitrogen and oxygen atoms in total. The van der Waals surface area contributed by atoms with Gasteiger partial charge in [-0.1, -0.05) is 29.8 Å². The van der Waals surface area contributed by atoms with E-state index < -0.39 is 35.8 Å². The number of para-hydroxylation sites is 1. The first-order chi connectivity index (χ1) is 16.5. The Morgan fingerprint density at radius 1 is 1.17 bits per heavy atom. The van der Waals surface area contributed by atoms with Gasteiger partial charge in [0.25, 0.3) is 11.8 Å². The van der Waals surface area contributed by atoms with E-state index in [9.17, 15) is 27.2 Å². The molecule has 0 unspecified atom stereocenters. The van der Waals surface area contributed by atoms with Crippen molar-refractivity contribution in [1.29, 1.82) is 0 Å². The number of nitrogens with zero attached hydrogens (tertiary/aromatic N) is 2. The molecule has 0 bridgehead atoms. The van der Waals surface area contributed by atoms with Gasteiger partial charge >= 0.3 is 6.36 Å². The average molecular weight is 508 g/mol. The van der Waals surface area contributed by atoms with Gasteiger partial charge in [-0.25, -0.2) is 4.39 Å². The molecular formula is C24H18ClF4N3O3. The maximum Gasteiger partial charge on any atom is 0.573 e. The van der Waals surface area contributed by atoms with E-state index in [2.05, 4.69) is 9.72 Å². The molecule has 2 aromatic carbocycles. The lowest BCUT2D eigenvalue weighted by Gasteiger charge is -2.31. The summed E-state index contributed by atoms with van der Waals surface area (Å²) in [6.45, 7) is -0.233. The molecule has 3 aromatic rings. The quantitative estimate of drug-likeness (QED) is 0.465. The third kappa shape index (κ3) is 5.22. The zero-order valence-corrected chi connectivity index (χ0v) is 18.7. The molecule has 35 heavy (non-hydrogen) atoms. The van der Waals surface area contributed by atoms with Gasteiger partial charge in [-0.3, -0.25) is 14.6 Å². The predicted molar refractivity (Wildman–Crippen MR) is 118 cm³/mol. The van der Waals surface area contributed by atoms with Crippen LogP contribution in [0.2, 0.25) is 5.02 Å². The fourth-order valence-electron chi connectivity index (χ4n) is 4.25. The molecule has 2 amide bonds. The molecule has 0 saturated heterocycles. The van der Waals surface area contributed by atoms with Crippen LogP contribution in [0.3, 0.4) is 0 Å². The Kier molecular flexibility index (Phi) is 6.66. The molecule has 0 saturated carbocycles. The molecular weight excluding hydrogens is 490 g/mol. The number of primary amides is 1. The van der Waals surface area contributed by atoms with Crippen molar-refractivity contribution in [2.24, 2.45) is 5.73 Å². The van der Waals surface area contributed by atoms with Gasteiger partial charge in [0.05, 0.1) is 11.6 Å². The number of rotatable bonds is 6. The molecule has 11 heteroatoms. The summed E-state index contributed by atoms with van der Waals surface area (Å²) in [5.41, 5.74) is 6.04. The van der Waals surface area contributed by atoms with E-state index in [4.69, 9.17) is 17.3 Å². The van der Waals surface area contributed by atoms with E-state index in [1.54, 1.807) is 0 Å². The van der Waals surface area contributed by atoms with Crippen LogP contribution < -0.4 is 10.5 Å². The highest BCUT2D eigenvalue weighted by Gasteiger charge is 2.37. The Morgan fingerprint density at radius 3 is 2.63 bits per heavy atom. The molecule has 0 aliphatic heterocycles. The first kappa shape index (κ1) is 24.5. The summed E-state index contributed by atoms with van der Waals surface area (Å²) >= 11 is 6.06. The molecule has 0 fully saturated rings. The Balaban J connectivity index is 1.82. The maximum atomic E-state index is 14.6. The summed E-state index contributed by atoms with van der Waals surface area (Å²) in [5.74, 6) is -2.88. The molecule has 1 aliphatic carbocycles. The van der Waals surface area contributed by atoms with Crippen LogP contribution in [0.1, 0.15) is 50.0 Å². The molecule has 1 atom stereocenters. The molecule has 182 valence electrons. The molecule has 0 radical (unpaired) electrons. The van der Waals surface area contributed by atoms with Crippen LogP contribution in [0.4, 0.5) is 17.6 Å². The number of hydrogen-bond donors (Lipinski definition) is 1. The Labute approximate surface area is 202 Å². The lowest BCUT2D eigenvalue weighted by molar-refractivity contribution is -0.274. The van der Waals surface area contributed by atoms with Crippen LogP contribution in [0.15, 0.2) is 54.7 Å². The largest absolute Gasteiger partial charge is 0.573 e. The molecule has 0 spiro atoms. The SMILES string of the molecule is NC(=O)c1ncccc1CN(C(=O)c1ccccc1OC(F)(F)F)[C@@H]1CCc2c(F)cc(Cl)cc21. The minimum absolute atomic E-state index is 0.0966. The third-order valence-electron chi connectivity index (χ3n) is 5.67. The lowest BCUT2D eigenvalue weighted by Crippen LogP contribution is -2.35. The van der Waals surface area contributed by atoms with E-state index in [-0.39, 0.29) is 41.2 Å². The number of nitrogens with two attached hydrogens (primary N) is 1. The second-order valence-electron chi connectivity index (χ2n) is 7.86. The Bertz CT molecular complexity index is 1300. The molecule has 2 N–H and O–H groups in total. The lowest BCUT2D eigenvalue weighted by atomic mass is 10.0. The molecule has 4 rings (SSSR count). The number of halogens is 5. The fourth-order valence-corrected chi connectivity index (χ4v) is 4.46. The number of carbonyl (C=O) groups is 2. The summed E-state index contributed by atoms with van der Waals surface area (Å²) in [5, 5.41) is 0.112. The van der Waals surface area contributed by atoms with Crippen molar-refractivity contribution in [1.82, 2.24) is 9.88 Å². The average Bonchev–Trinajstić information content (AvgIpc) is 3.20. The van der Waals surface area contributed by atoms with Crippen molar-refractivity contribution in [3.8, 4) is 5.75 Å². The Hall–Kier alpha value is -3.66. The van der Waals surface area contributed by atoms with Gasteiger partial charge in [-0.05, 0) is 54.3 Å². The minimum atomic E-state index is -5.03. The van der Waals surface area contributed by atoms with Crippen LogP contribution in [0.5, 0.6) is 5.75 Å².